The van der Waals surface area contributed by atoms with Crippen LogP contribution < -0.4 is 5.32 Å². The number of hydrogen-bond donors (Lipinski definition) is 1. The Morgan fingerprint density at radius 1 is 1.50 bits per heavy atom. The average Bonchev–Trinajstić information content (AvgIpc) is 2.21. The maximum Gasteiger partial charge on any atom is 0.0144 e. The molecule has 12 heavy (non-hydrogen) atoms. The van der Waals surface area contributed by atoms with Gasteiger partial charge in [-0.15, -0.1) is 0 Å². The first-order valence-electron chi connectivity index (χ1n) is 4.90. The van der Waals surface area contributed by atoms with E-state index in [1.807, 2.05) is 13.8 Å². The van der Waals surface area contributed by atoms with Crippen molar-refractivity contribution in [1.82, 2.24) is 5.32 Å². The molecular weight excluding hydrogens is 146 g/mol. The molecule has 1 rings (SSSR count). The van der Waals surface area contributed by atoms with E-state index in [0.717, 1.165) is 6.54 Å². The monoisotopic (exact) mass is 167 g/mol. The maximum absolute atomic E-state index is 3.25. The largest absolute Gasteiger partial charge is 0.391 e. The number of hydrogen-bond acceptors (Lipinski definition) is 1. The predicted octanol–water partition coefficient (Wildman–Crippen LogP) is 3.25. The van der Waals surface area contributed by atoms with Gasteiger partial charge in [-0.05, 0) is 38.5 Å². The van der Waals surface area contributed by atoms with Crippen LogP contribution in [0.4, 0.5) is 0 Å². The number of allylic oxidation sites excluding steroid dienone is 3. The third-order valence-corrected chi connectivity index (χ3v) is 1.98. The van der Waals surface area contributed by atoms with E-state index in [4.69, 9.17) is 0 Å². The fourth-order valence-electron chi connectivity index (χ4n) is 1.14. The summed E-state index contributed by atoms with van der Waals surface area (Å²) in [5.74, 6) is 0. The van der Waals surface area contributed by atoms with E-state index in [0.29, 0.717) is 0 Å². The van der Waals surface area contributed by atoms with Crippen LogP contribution in [0.5, 0.6) is 0 Å². The quantitative estimate of drug-likeness (QED) is 0.632. The average molecular weight is 167 g/mol. The molecule has 0 saturated heterocycles. The fourth-order valence-corrected chi connectivity index (χ4v) is 1.14. The molecule has 0 aliphatic carbocycles. The van der Waals surface area contributed by atoms with Gasteiger partial charge in [0.2, 0.25) is 0 Å². The molecule has 0 spiro atoms. The van der Waals surface area contributed by atoms with Crippen molar-refractivity contribution in [2.24, 2.45) is 0 Å². The van der Waals surface area contributed by atoms with Gasteiger partial charge in [0.15, 0.2) is 0 Å². The molecule has 0 amide bonds. The van der Waals surface area contributed by atoms with E-state index in [-0.39, 0.29) is 0 Å². The Balaban J connectivity index is 0.000000561. The zero-order chi connectivity index (χ0) is 9.40. The van der Waals surface area contributed by atoms with E-state index >= 15 is 0 Å². The minimum atomic E-state index is 1.14. The van der Waals surface area contributed by atoms with Gasteiger partial charge in [-0.2, -0.15) is 0 Å². The van der Waals surface area contributed by atoms with Gasteiger partial charge < -0.3 is 5.32 Å². The molecule has 1 heterocycles. The van der Waals surface area contributed by atoms with E-state index in [1.165, 1.54) is 24.0 Å². The Labute approximate surface area is 76.6 Å². The van der Waals surface area contributed by atoms with Gasteiger partial charge in [0.05, 0.1) is 0 Å². The van der Waals surface area contributed by atoms with Crippen LogP contribution in [0.3, 0.4) is 0 Å². The summed E-state index contributed by atoms with van der Waals surface area (Å²) < 4.78 is 0. The molecule has 1 aliphatic heterocycles. The van der Waals surface area contributed by atoms with Crippen LogP contribution in [0, 0.1) is 0 Å². The lowest BCUT2D eigenvalue weighted by molar-refractivity contribution is 0.703. The standard InChI is InChI=1S/C9H15N.C2H6/c1-3-8(2)9-5-4-6-10-7-9;1-2/h3,7,10H,4-6H2,1-2H3;1-2H3/b8-3+;. The van der Waals surface area contributed by atoms with Gasteiger partial charge in [-0.3, -0.25) is 0 Å². The van der Waals surface area contributed by atoms with Crippen LogP contribution in [0.1, 0.15) is 40.5 Å². The van der Waals surface area contributed by atoms with Gasteiger partial charge in [0, 0.05) is 6.54 Å². The summed E-state index contributed by atoms with van der Waals surface area (Å²) in [6.45, 7) is 9.39. The molecular formula is C11H21N. The number of nitrogens with one attached hydrogen (secondary N) is 1. The topological polar surface area (TPSA) is 12.0 Å². The van der Waals surface area contributed by atoms with Gasteiger partial charge in [0.25, 0.3) is 0 Å². The lowest BCUT2D eigenvalue weighted by atomic mass is 10.0. The zero-order valence-electron chi connectivity index (χ0n) is 8.78. The predicted molar refractivity (Wildman–Crippen MR) is 56.1 cm³/mol. The van der Waals surface area contributed by atoms with Crippen LogP contribution in [0.15, 0.2) is 23.4 Å². The third kappa shape index (κ3) is 3.61. The molecule has 70 valence electrons. The second kappa shape index (κ2) is 6.96. The van der Waals surface area contributed by atoms with E-state index in [1.54, 1.807) is 0 Å². The normalized spacial score (nSPS) is 17.0. The van der Waals surface area contributed by atoms with Gasteiger partial charge in [-0.1, -0.05) is 25.5 Å². The first-order valence-corrected chi connectivity index (χ1v) is 4.90. The first kappa shape index (κ1) is 11.3. The molecule has 0 aromatic heterocycles. The molecule has 1 heteroatoms. The second-order valence-electron chi connectivity index (χ2n) is 2.70. The van der Waals surface area contributed by atoms with Crippen LogP contribution in [0.25, 0.3) is 0 Å². The second-order valence-corrected chi connectivity index (χ2v) is 2.70. The number of rotatable bonds is 1. The summed E-state index contributed by atoms with van der Waals surface area (Å²) in [7, 11) is 0. The fraction of sp³-hybridized carbons (Fsp3) is 0.636. The van der Waals surface area contributed by atoms with Gasteiger partial charge in [-0.25, -0.2) is 0 Å². The molecule has 1 aliphatic rings. The van der Waals surface area contributed by atoms with Crippen LogP contribution in [-0.4, -0.2) is 6.54 Å². The van der Waals surface area contributed by atoms with Crippen molar-refractivity contribution < 1.29 is 0 Å². The minimum absolute atomic E-state index is 1.14. The van der Waals surface area contributed by atoms with Crippen LogP contribution in [-0.2, 0) is 0 Å². The van der Waals surface area contributed by atoms with Gasteiger partial charge >= 0.3 is 0 Å². The van der Waals surface area contributed by atoms with Crippen molar-refractivity contribution in [2.45, 2.75) is 40.5 Å². The smallest absolute Gasteiger partial charge is 0.0144 e. The third-order valence-electron chi connectivity index (χ3n) is 1.98. The van der Waals surface area contributed by atoms with Crippen molar-refractivity contribution >= 4 is 0 Å². The molecule has 0 unspecified atom stereocenters. The summed E-state index contributed by atoms with van der Waals surface area (Å²) in [4.78, 5) is 0. The Hall–Kier alpha value is -0.720. The lowest BCUT2D eigenvalue weighted by Gasteiger charge is -2.13. The molecule has 0 atom stereocenters. The minimum Gasteiger partial charge on any atom is -0.391 e. The van der Waals surface area contributed by atoms with E-state index in [2.05, 4.69) is 31.4 Å². The maximum atomic E-state index is 3.25. The molecule has 0 fully saturated rings. The Morgan fingerprint density at radius 2 is 2.17 bits per heavy atom. The van der Waals surface area contributed by atoms with Crippen molar-refractivity contribution in [3.63, 3.8) is 0 Å². The summed E-state index contributed by atoms with van der Waals surface area (Å²) in [6, 6.07) is 0. The van der Waals surface area contributed by atoms with Crippen molar-refractivity contribution in [3.8, 4) is 0 Å². The zero-order valence-corrected chi connectivity index (χ0v) is 8.78. The van der Waals surface area contributed by atoms with Crippen LogP contribution in [0.2, 0.25) is 0 Å². The molecule has 0 aromatic carbocycles. The summed E-state index contributed by atoms with van der Waals surface area (Å²) in [6.07, 6.45) is 6.82. The van der Waals surface area contributed by atoms with Crippen LogP contribution >= 0.6 is 0 Å². The molecule has 0 bridgehead atoms. The summed E-state index contributed by atoms with van der Waals surface area (Å²) in [5.41, 5.74) is 2.88. The SMILES string of the molecule is C/C=C(\C)C1=CNCCC1.CC. The van der Waals surface area contributed by atoms with Gasteiger partial charge in [0.1, 0.15) is 0 Å². The molecule has 1 N–H and O–H groups in total. The van der Waals surface area contributed by atoms with E-state index < -0.39 is 0 Å². The van der Waals surface area contributed by atoms with Crippen molar-refractivity contribution in [3.05, 3.63) is 23.4 Å². The summed E-state index contributed by atoms with van der Waals surface area (Å²) >= 11 is 0. The highest BCUT2D eigenvalue weighted by molar-refractivity contribution is 5.28. The highest BCUT2D eigenvalue weighted by Gasteiger charge is 2.02. The molecule has 0 radical (unpaired) electrons. The molecule has 0 aromatic rings. The lowest BCUT2D eigenvalue weighted by Crippen LogP contribution is -2.13. The first-order chi connectivity index (χ1) is 5.84. The highest BCUT2D eigenvalue weighted by atomic mass is 14.8. The summed E-state index contributed by atoms with van der Waals surface area (Å²) in [5, 5.41) is 3.25. The van der Waals surface area contributed by atoms with Crippen molar-refractivity contribution in [2.75, 3.05) is 6.54 Å². The Kier molecular flexibility index (Phi) is 6.54. The molecule has 1 nitrogen and oxygen atoms in total. The Bertz CT molecular complexity index is 166. The highest BCUT2D eigenvalue weighted by Crippen LogP contribution is 2.16. The van der Waals surface area contributed by atoms with Crippen molar-refractivity contribution in [1.29, 1.82) is 0 Å². The van der Waals surface area contributed by atoms with E-state index in [9.17, 15) is 0 Å². The Morgan fingerprint density at radius 3 is 2.58 bits per heavy atom. The molecule has 0 saturated carbocycles.